The largest absolute Gasteiger partial charge is 0.319 e. The molecular formula is C15H21N3O3. The Morgan fingerprint density at radius 1 is 1.38 bits per heavy atom. The second-order valence-corrected chi connectivity index (χ2v) is 5.84. The van der Waals surface area contributed by atoms with E-state index in [1.54, 1.807) is 6.07 Å². The molecule has 1 aliphatic heterocycles. The van der Waals surface area contributed by atoms with Crippen molar-refractivity contribution in [1.29, 1.82) is 0 Å². The molecule has 2 N–H and O–H groups in total. The molecule has 1 saturated heterocycles. The molecule has 0 aliphatic carbocycles. The molecule has 2 unspecified atom stereocenters. The summed E-state index contributed by atoms with van der Waals surface area (Å²) in [5.74, 6) is 0.282. The first-order valence-electron chi connectivity index (χ1n) is 7.18. The number of rotatable bonds is 3. The Morgan fingerprint density at radius 2 is 2.05 bits per heavy atom. The Hall–Kier alpha value is -1.95. The number of piperidine rings is 1. The van der Waals surface area contributed by atoms with Gasteiger partial charge in [-0.1, -0.05) is 6.92 Å². The summed E-state index contributed by atoms with van der Waals surface area (Å²) < 4.78 is 0. The maximum atomic E-state index is 12.3. The highest BCUT2D eigenvalue weighted by atomic mass is 16.6. The molecule has 114 valence electrons. The summed E-state index contributed by atoms with van der Waals surface area (Å²) in [5.41, 5.74) is 1.97. The molecular weight excluding hydrogens is 270 g/mol. The number of nitro groups is 1. The molecule has 1 aliphatic rings. The quantitative estimate of drug-likeness (QED) is 0.662. The van der Waals surface area contributed by atoms with E-state index < -0.39 is 4.92 Å². The van der Waals surface area contributed by atoms with Gasteiger partial charge in [0.25, 0.3) is 5.69 Å². The lowest BCUT2D eigenvalue weighted by atomic mass is 9.94. The molecule has 6 nitrogen and oxygen atoms in total. The van der Waals surface area contributed by atoms with Gasteiger partial charge >= 0.3 is 0 Å². The van der Waals surface area contributed by atoms with Crippen molar-refractivity contribution in [2.45, 2.75) is 39.7 Å². The third kappa shape index (κ3) is 3.58. The van der Waals surface area contributed by atoms with Crippen molar-refractivity contribution < 1.29 is 9.72 Å². The molecule has 0 radical (unpaired) electrons. The van der Waals surface area contributed by atoms with Crippen LogP contribution >= 0.6 is 0 Å². The zero-order chi connectivity index (χ0) is 15.6. The zero-order valence-corrected chi connectivity index (χ0v) is 12.6. The number of carbonyl (C=O) groups excluding carboxylic acids is 1. The Labute approximate surface area is 124 Å². The second-order valence-electron chi connectivity index (χ2n) is 5.84. The van der Waals surface area contributed by atoms with E-state index >= 15 is 0 Å². The predicted octanol–water partition coefficient (Wildman–Crippen LogP) is 2.54. The topological polar surface area (TPSA) is 84.3 Å². The van der Waals surface area contributed by atoms with Crippen LogP contribution in [0.5, 0.6) is 0 Å². The van der Waals surface area contributed by atoms with Gasteiger partial charge < -0.3 is 10.6 Å². The number of amides is 1. The van der Waals surface area contributed by atoms with Crippen LogP contribution in [0, 0.1) is 29.9 Å². The minimum atomic E-state index is -0.459. The highest BCUT2D eigenvalue weighted by Crippen LogP contribution is 2.28. The van der Waals surface area contributed by atoms with Crippen LogP contribution in [0.15, 0.2) is 12.1 Å². The summed E-state index contributed by atoms with van der Waals surface area (Å²) in [6.45, 7) is 6.60. The normalized spacial score (nSPS) is 21.9. The number of hydrogen-bond acceptors (Lipinski definition) is 4. The monoisotopic (exact) mass is 291 g/mol. The summed E-state index contributed by atoms with van der Waals surface area (Å²) in [5, 5.41) is 17.0. The van der Waals surface area contributed by atoms with Gasteiger partial charge in [-0.3, -0.25) is 14.9 Å². The number of nitrogens with one attached hydrogen (secondary N) is 2. The van der Waals surface area contributed by atoms with E-state index in [-0.39, 0.29) is 23.3 Å². The van der Waals surface area contributed by atoms with Crippen molar-refractivity contribution in [2.24, 2.45) is 5.92 Å². The molecule has 1 amide bonds. The molecule has 1 heterocycles. The first-order valence-corrected chi connectivity index (χ1v) is 7.18. The number of nitrogens with zero attached hydrogens (tertiary/aromatic N) is 1. The van der Waals surface area contributed by atoms with E-state index in [4.69, 9.17) is 0 Å². The van der Waals surface area contributed by atoms with Crippen molar-refractivity contribution in [2.75, 3.05) is 11.9 Å². The third-order valence-corrected chi connectivity index (χ3v) is 4.05. The first-order chi connectivity index (χ1) is 9.88. The van der Waals surface area contributed by atoms with Gasteiger partial charge in [0, 0.05) is 6.07 Å². The highest BCUT2D eigenvalue weighted by molar-refractivity contribution is 5.97. The van der Waals surface area contributed by atoms with E-state index in [0.717, 1.165) is 30.5 Å². The molecule has 1 aromatic rings. The first kappa shape index (κ1) is 15.4. The highest BCUT2D eigenvalue weighted by Gasteiger charge is 2.26. The maximum Gasteiger partial charge on any atom is 0.293 e. The second kappa shape index (κ2) is 6.22. The molecule has 6 heteroatoms. The molecule has 1 fully saturated rings. The van der Waals surface area contributed by atoms with Crippen molar-refractivity contribution in [3.63, 3.8) is 0 Å². The van der Waals surface area contributed by atoms with E-state index in [9.17, 15) is 14.9 Å². The van der Waals surface area contributed by atoms with Crippen molar-refractivity contribution in [3.05, 3.63) is 33.4 Å². The zero-order valence-electron chi connectivity index (χ0n) is 12.6. The van der Waals surface area contributed by atoms with E-state index in [1.165, 1.54) is 6.07 Å². The Kier molecular flexibility index (Phi) is 4.57. The van der Waals surface area contributed by atoms with Crippen LogP contribution in [0.2, 0.25) is 0 Å². The van der Waals surface area contributed by atoms with Crippen molar-refractivity contribution in [1.82, 2.24) is 5.32 Å². The number of anilines is 1. The molecule has 2 rings (SSSR count). The van der Waals surface area contributed by atoms with Crippen LogP contribution < -0.4 is 10.6 Å². The fourth-order valence-electron chi connectivity index (χ4n) is 2.58. The number of carbonyl (C=O) groups is 1. The van der Waals surface area contributed by atoms with Crippen LogP contribution in [0.1, 0.15) is 30.9 Å². The number of hydrogen-bond donors (Lipinski definition) is 2. The summed E-state index contributed by atoms with van der Waals surface area (Å²) in [6.07, 6.45) is 1.80. The third-order valence-electron chi connectivity index (χ3n) is 4.05. The Balaban J connectivity index is 2.20. The van der Waals surface area contributed by atoms with Gasteiger partial charge in [-0.05, 0) is 56.3 Å². The standard InChI is InChI=1S/C15H21N3O3/c1-9-4-5-16-13(6-9)15(19)17-12-7-10(2)11(3)8-14(12)18(20)21/h7-9,13,16H,4-6H2,1-3H3,(H,17,19). The summed E-state index contributed by atoms with van der Waals surface area (Å²) >= 11 is 0. The fraction of sp³-hybridized carbons (Fsp3) is 0.533. The summed E-state index contributed by atoms with van der Waals surface area (Å²) in [4.78, 5) is 23.0. The van der Waals surface area contributed by atoms with Gasteiger partial charge in [0.05, 0.1) is 11.0 Å². The molecule has 0 bridgehead atoms. The van der Waals surface area contributed by atoms with E-state index in [0.29, 0.717) is 5.92 Å². The van der Waals surface area contributed by atoms with Gasteiger partial charge in [0.1, 0.15) is 5.69 Å². The lowest BCUT2D eigenvalue weighted by Crippen LogP contribution is -2.45. The van der Waals surface area contributed by atoms with Crippen molar-refractivity contribution >= 4 is 17.3 Å². The van der Waals surface area contributed by atoms with Gasteiger partial charge in [-0.25, -0.2) is 0 Å². The van der Waals surface area contributed by atoms with Crippen LogP contribution in [0.4, 0.5) is 11.4 Å². The van der Waals surface area contributed by atoms with Gasteiger partial charge in [-0.15, -0.1) is 0 Å². The average Bonchev–Trinajstić information content (AvgIpc) is 2.42. The lowest BCUT2D eigenvalue weighted by molar-refractivity contribution is -0.384. The molecule has 21 heavy (non-hydrogen) atoms. The summed E-state index contributed by atoms with van der Waals surface area (Å²) in [6, 6.07) is 2.88. The fourth-order valence-corrected chi connectivity index (χ4v) is 2.58. The van der Waals surface area contributed by atoms with Crippen LogP contribution in [-0.4, -0.2) is 23.4 Å². The Morgan fingerprint density at radius 3 is 2.67 bits per heavy atom. The van der Waals surface area contributed by atoms with Crippen LogP contribution in [0.25, 0.3) is 0 Å². The predicted molar refractivity (Wildman–Crippen MR) is 81.4 cm³/mol. The Bertz CT molecular complexity index is 572. The van der Waals surface area contributed by atoms with Crippen LogP contribution in [0.3, 0.4) is 0 Å². The van der Waals surface area contributed by atoms with Crippen molar-refractivity contribution in [3.8, 4) is 0 Å². The van der Waals surface area contributed by atoms with Gasteiger partial charge in [0.15, 0.2) is 0 Å². The minimum absolute atomic E-state index is 0.0599. The average molecular weight is 291 g/mol. The van der Waals surface area contributed by atoms with E-state index in [2.05, 4.69) is 17.6 Å². The molecule has 0 spiro atoms. The van der Waals surface area contributed by atoms with Crippen LogP contribution in [-0.2, 0) is 4.79 Å². The summed E-state index contributed by atoms with van der Waals surface area (Å²) in [7, 11) is 0. The lowest BCUT2D eigenvalue weighted by Gasteiger charge is -2.27. The SMILES string of the molecule is Cc1cc(NC(=O)C2CC(C)CCN2)c([N+](=O)[O-])cc1C. The van der Waals surface area contributed by atoms with Gasteiger partial charge in [-0.2, -0.15) is 0 Å². The number of nitro benzene ring substituents is 1. The van der Waals surface area contributed by atoms with Gasteiger partial charge in [0.2, 0.25) is 5.91 Å². The smallest absolute Gasteiger partial charge is 0.293 e. The molecule has 0 saturated carbocycles. The molecule has 1 aromatic carbocycles. The maximum absolute atomic E-state index is 12.3. The number of benzene rings is 1. The minimum Gasteiger partial charge on any atom is -0.319 e. The molecule has 0 aromatic heterocycles. The van der Waals surface area contributed by atoms with E-state index in [1.807, 2.05) is 13.8 Å². The molecule has 2 atom stereocenters. The number of aryl methyl sites for hydroxylation is 2.